The minimum absolute atomic E-state index is 0.0315. The van der Waals surface area contributed by atoms with Gasteiger partial charge in [0.1, 0.15) is 0 Å². The van der Waals surface area contributed by atoms with E-state index in [9.17, 15) is 4.79 Å². The number of carbonyl (C=O) groups is 1. The van der Waals surface area contributed by atoms with Crippen LogP contribution in [0.5, 0.6) is 0 Å². The summed E-state index contributed by atoms with van der Waals surface area (Å²) in [5, 5.41) is 12.3. The first-order chi connectivity index (χ1) is 13.2. The summed E-state index contributed by atoms with van der Waals surface area (Å²) in [5.74, 6) is 0.870. The predicted molar refractivity (Wildman–Crippen MR) is 107 cm³/mol. The van der Waals surface area contributed by atoms with Crippen molar-refractivity contribution in [3.8, 4) is 0 Å². The van der Waals surface area contributed by atoms with Gasteiger partial charge in [-0.1, -0.05) is 49.0 Å². The molecule has 2 aromatic rings. The minimum atomic E-state index is -0.229. The molecular formula is C19H27N5O2S. The summed E-state index contributed by atoms with van der Waals surface area (Å²) in [6.07, 6.45) is 0.925. The number of benzene rings is 1. The zero-order valence-corrected chi connectivity index (χ0v) is 16.7. The molecule has 0 radical (unpaired) electrons. The highest BCUT2D eigenvalue weighted by molar-refractivity contribution is 8.00. The third-order valence-electron chi connectivity index (χ3n) is 4.38. The molecule has 7 nitrogen and oxygen atoms in total. The Labute approximate surface area is 164 Å². The number of thioether (sulfide) groups is 1. The topological polar surface area (TPSA) is 72.3 Å². The molecule has 1 aromatic heterocycles. The van der Waals surface area contributed by atoms with Gasteiger partial charge >= 0.3 is 0 Å². The number of ether oxygens (including phenoxy) is 1. The molecule has 1 atom stereocenters. The number of nitrogens with one attached hydrogen (secondary N) is 1. The molecule has 1 amide bonds. The maximum atomic E-state index is 12.3. The van der Waals surface area contributed by atoms with Crippen LogP contribution in [0, 0.1) is 0 Å². The van der Waals surface area contributed by atoms with Crippen LogP contribution in [0.3, 0.4) is 0 Å². The Morgan fingerprint density at radius 1 is 1.26 bits per heavy atom. The number of anilines is 1. The van der Waals surface area contributed by atoms with Crippen LogP contribution in [0.4, 0.5) is 5.95 Å². The molecule has 2 heterocycles. The van der Waals surface area contributed by atoms with E-state index >= 15 is 0 Å². The summed E-state index contributed by atoms with van der Waals surface area (Å²) >= 11 is 1.45. The highest BCUT2D eigenvalue weighted by Gasteiger charge is 2.23. The molecule has 1 saturated heterocycles. The van der Waals surface area contributed by atoms with Crippen molar-refractivity contribution in [2.24, 2.45) is 0 Å². The maximum absolute atomic E-state index is 12.3. The number of hydrogen-bond acceptors (Lipinski definition) is 6. The van der Waals surface area contributed by atoms with Crippen molar-refractivity contribution in [1.82, 2.24) is 20.1 Å². The van der Waals surface area contributed by atoms with Crippen molar-refractivity contribution in [1.29, 1.82) is 0 Å². The van der Waals surface area contributed by atoms with E-state index in [2.05, 4.69) is 37.1 Å². The molecule has 1 fully saturated rings. The summed E-state index contributed by atoms with van der Waals surface area (Å²) in [4.78, 5) is 14.5. The SMILES string of the molecule is CCCNC(=O)C(C)Sc1nnc(N2CCOCC2)n1Cc1ccccc1. The van der Waals surface area contributed by atoms with Crippen LogP contribution in [-0.2, 0) is 16.1 Å². The Kier molecular flexibility index (Phi) is 7.11. The van der Waals surface area contributed by atoms with Gasteiger partial charge in [0, 0.05) is 19.6 Å². The fourth-order valence-electron chi connectivity index (χ4n) is 2.87. The first-order valence-corrected chi connectivity index (χ1v) is 10.3. The van der Waals surface area contributed by atoms with Crippen molar-refractivity contribution in [3.63, 3.8) is 0 Å². The Bertz CT molecular complexity index is 731. The van der Waals surface area contributed by atoms with Crippen molar-refractivity contribution < 1.29 is 9.53 Å². The first kappa shape index (κ1) is 19.7. The van der Waals surface area contributed by atoms with Crippen molar-refractivity contribution in [2.45, 2.75) is 37.2 Å². The molecule has 1 aliphatic heterocycles. The Morgan fingerprint density at radius 3 is 2.70 bits per heavy atom. The second-order valence-corrected chi connectivity index (χ2v) is 7.81. The second kappa shape index (κ2) is 9.75. The summed E-state index contributed by atoms with van der Waals surface area (Å²) in [5.41, 5.74) is 1.18. The molecule has 146 valence electrons. The zero-order valence-electron chi connectivity index (χ0n) is 15.9. The van der Waals surface area contributed by atoms with Gasteiger partial charge in [0.15, 0.2) is 5.16 Å². The Morgan fingerprint density at radius 2 is 2.00 bits per heavy atom. The van der Waals surface area contributed by atoms with Crippen LogP contribution in [0.25, 0.3) is 0 Å². The lowest BCUT2D eigenvalue weighted by atomic mass is 10.2. The molecule has 0 aliphatic carbocycles. The second-order valence-electron chi connectivity index (χ2n) is 6.50. The molecule has 0 spiro atoms. The van der Waals surface area contributed by atoms with Gasteiger partial charge in [0.25, 0.3) is 0 Å². The molecule has 3 rings (SSSR count). The monoisotopic (exact) mass is 389 g/mol. The molecule has 1 aromatic carbocycles. The molecule has 1 unspecified atom stereocenters. The van der Waals surface area contributed by atoms with E-state index in [1.165, 1.54) is 17.3 Å². The highest BCUT2D eigenvalue weighted by Crippen LogP contribution is 2.27. The lowest BCUT2D eigenvalue weighted by molar-refractivity contribution is -0.120. The summed E-state index contributed by atoms with van der Waals surface area (Å²) in [6, 6.07) is 10.3. The van der Waals surface area contributed by atoms with Crippen molar-refractivity contribution in [2.75, 3.05) is 37.7 Å². The van der Waals surface area contributed by atoms with E-state index < -0.39 is 0 Å². The van der Waals surface area contributed by atoms with Gasteiger partial charge < -0.3 is 15.0 Å². The number of hydrogen-bond donors (Lipinski definition) is 1. The summed E-state index contributed by atoms with van der Waals surface area (Å²) in [7, 11) is 0. The zero-order chi connectivity index (χ0) is 19.1. The van der Waals surface area contributed by atoms with E-state index in [4.69, 9.17) is 4.74 Å². The molecule has 0 saturated carbocycles. The minimum Gasteiger partial charge on any atom is -0.378 e. The van der Waals surface area contributed by atoms with E-state index in [1.807, 2.05) is 32.0 Å². The van der Waals surface area contributed by atoms with Gasteiger partial charge in [-0.15, -0.1) is 10.2 Å². The number of nitrogens with zero attached hydrogens (tertiary/aromatic N) is 4. The predicted octanol–water partition coefficient (Wildman–Crippen LogP) is 2.17. The average molecular weight is 390 g/mol. The van der Waals surface area contributed by atoms with E-state index in [0.717, 1.165) is 30.6 Å². The lowest BCUT2D eigenvalue weighted by Gasteiger charge is -2.28. The van der Waals surface area contributed by atoms with Crippen LogP contribution < -0.4 is 10.2 Å². The van der Waals surface area contributed by atoms with Crippen LogP contribution in [0.1, 0.15) is 25.8 Å². The molecule has 0 bridgehead atoms. The number of carbonyl (C=O) groups excluding carboxylic acids is 1. The van der Waals surface area contributed by atoms with Crippen LogP contribution in [0.15, 0.2) is 35.5 Å². The molecule has 8 heteroatoms. The van der Waals surface area contributed by atoms with E-state index in [-0.39, 0.29) is 11.2 Å². The van der Waals surface area contributed by atoms with Gasteiger partial charge in [0.2, 0.25) is 11.9 Å². The third kappa shape index (κ3) is 5.23. The van der Waals surface area contributed by atoms with Crippen LogP contribution in [0.2, 0.25) is 0 Å². The van der Waals surface area contributed by atoms with Gasteiger partial charge in [-0.3, -0.25) is 9.36 Å². The summed E-state index contributed by atoms with van der Waals surface area (Å²) < 4.78 is 7.57. The normalized spacial score (nSPS) is 15.6. The molecule has 27 heavy (non-hydrogen) atoms. The van der Waals surface area contributed by atoms with Crippen LogP contribution in [-0.4, -0.2) is 58.8 Å². The standard InChI is InChI=1S/C19H27N5O2S/c1-3-9-20-17(25)15(2)27-19-22-21-18(23-10-12-26-13-11-23)24(19)14-16-7-5-4-6-8-16/h4-8,15H,3,9-14H2,1-2H3,(H,20,25). The fourth-order valence-corrected chi connectivity index (χ4v) is 3.74. The smallest absolute Gasteiger partial charge is 0.233 e. The van der Waals surface area contributed by atoms with E-state index in [0.29, 0.717) is 26.3 Å². The first-order valence-electron chi connectivity index (χ1n) is 9.43. The molecular weight excluding hydrogens is 362 g/mol. The molecule has 1 aliphatic rings. The number of morpholine rings is 1. The van der Waals surface area contributed by atoms with Gasteiger partial charge in [-0.2, -0.15) is 0 Å². The van der Waals surface area contributed by atoms with Gasteiger partial charge in [-0.05, 0) is 18.9 Å². The summed E-state index contributed by atoms with van der Waals surface area (Å²) in [6.45, 7) is 8.29. The van der Waals surface area contributed by atoms with Gasteiger partial charge in [0.05, 0.1) is 25.0 Å². The van der Waals surface area contributed by atoms with Gasteiger partial charge in [-0.25, -0.2) is 0 Å². The largest absolute Gasteiger partial charge is 0.378 e. The quantitative estimate of drug-likeness (QED) is 0.698. The third-order valence-corrected chi connectivity index (χ3v) is 5.46. The number of rotatable bonds is 8. The Balaban J connectivity index is 1.81. The highest BCUT2D eigenvalue weighted by atomic mass is 32.2. The Hall–Kier alpha value is -2.06. The average Bonchev–Trinajstić information content (AvgIpc) is 3.09. The fraction of sp³-hybridized carbons (Fsp3) is 0.526. The van der Waals surface area contributed by atoms with Crippen LogP contribution >= 0.6 is 11.8 Å². The lowest BCUT2D eigenvalue weighted by Crippen LogP contribution is -2.38. The van der Waals surface area contributed by atoms with Crippen molar-refractivity contribution >= 4 is 23.6 Å². The number of amides is 1. The molecule has 1 N–H and O–H groups in total. The maximum Gasteiger partial charge on any atom is 0.233 e. The van der Waals surface area contributed by atoms with Crippen molar-refractivity contribution in [3.05, 3.63) is 35.9 Å². The number of aromatic nitrogens is 3. The van der Waals surface area contributed by atoms with E-state index in [1.54, 1.807) is 0 Å².